The zero-order chi connectivity index (χ0) is 9.84. The maximum absolute atomic E-state index is 5.84. The fourth-order valence-corrected chi connectivity index (χ4v) is 1.81. The zero-order valence-electron chi connectivity index (χ0n) is 8.79. The van der Waals surface area contributed by atoms with Crippen LogP contribution in [0, 0.1) is 0 Å². The van der Waals surface area contributed by atoms with Crippen molar-refractivity contribution in [2.45, 2.75) is 63.7 Å². The molecule has 0 bridgehead atoms. The molecule has 78 valence electrons. The first kappa shape index (κ1) is 11.0. The van der Waals surface area contributed by atoms with Gasteiger partial charge in [0.15, 0.2) is 0 Å². The van der Waals surface area contributed by atoms with E-state index in [1.807, 2.05) is 6.92 Å². The average molecular weight is 185 g/mol. The minimum Gasteiger partial charge on any atom is -0.328 e. The van der Waals surface area contributed by atoms with E-state index in [4.69, 9.17) is 11.5 Å². The Labute approximate surface area is 81.2 Å². The van der Waals surface area contributed by atoms with Gasteiger partial charge in [0.2, 0.25) is 0 Å². The van der Waals surface area contributed by atoms with Gasteiger partial charge in [0, 0.05) is 24.2 Å². The van der Waals surface area contributed by atoms with Crippen LogP contribution in [0.4, 0.5) is 0 Å². The topological polar surface area (TPSA) is 64.1 Å². The van der Waals surface area contributed by atoms with E-state index in [1.165, 1.54) is 12.8 Å². The first-order valence-electron chi connectivity index (χ1n) is 5.37. The van der Waals surface area contributed by atoms with E-state index in [9.17, 15) is 0 Å². The van der Waals surface area contributed by atoms with Crippen LogP contribution in [0.5, 0.6) is 0 Å². The number of hydrogen-bond donors (Lipinski definition) is 3. The molecule has 13 heavy (non-hydrogen) atoms. The van der Waals surface area contributed by atoms with Crippen LogP contribution >= 0.6 is 0 Å². The summed E-state index contributed by atoms with van der Waals surface area (Å²) < 4.78 is 0. The molecular formula is C10H23N3. The van der Waals surface area contributed by atoms with Crippen molar-refractivity contribution in [1.29, 1.82) is 0 Å². The van der Waals surface area contributed by atoms with Crippen LogP contribution in [-0.2, 0) is 0 Å². The van der Waals surface area contributed by atoms with E-state index in [1.54, 1.807) is 0 Å². The van der Waals surface area contributed by atoms with Crippen LogP contribution in [0.25, 0.3) is 0 Å². The third-order valence-electron chi connectivity index (χ3n) is 3.06. The molecule has 2 atom stereocenters. The summed E-state index contributed by atoms with van der Waals surface area (Å²) in [4.78, 5) is 0. The molecule has 0 aromatic heterocycles. The molecule has 0 radical (unpaired) electrons. The Hall–Kier alpha value is -0.120. The molecule has 5 N–H and O–H groups in total. The molecular weight excluding hydrogens is 162 g/mol. The normalized spacial score (nSPS) is 34.2. The molecule has 1 saturated carbocycles. The summed E-state index contributed by atoms with van der Waals surface area (Å²) in [6.45, 7) is 4.20. The van der Waals surface area contributed by atoms with Crippen molar-refractivity contribution < 1.29 is 0 Å². The van der Waals surface area contributed by atoms with Crippen molar-refractivity contribution in [3.63, 3.8) is 0 Å². The third kappa shape index (κ3) is 3.63. The largest absolute Gasteiger partial charge is 0.328 e. The third-order valence-corrected chi connectivity index (χ3v) is 3.06. The Morgan fingerprint density at radius 2 is 1.69 bits per heavy atom. The van der Waals surface area contributed by atoms with E-state index in [2.05, 4.69) is 12.2 Å². The predicted octanol–water partition coefficient (Wildman–Crippen LogP) is 0.582. The van der Waals surface area contributed by atoms with Gasteiger partial charge in [0.1, 0.15) is 0 Å². The molecule has 0 spiro atoms. The van der Waals surface area contributed by atoms with Gasteiger partial charge in [-0.05, 0) is 39.5 Å². The fourth-order valence-electron chi connectivity index (χ4n) is 1.81. The lowest BCUT2D eigenvalue weighted by Crippen LogP contribution is -2.48. The van der Waals surface area contributed by atoms with Gasteiger partial charge in [-0.1, -0.05) is 0 Å². The molecule has 1 aliphatic rings. The lowest BCUT2D eigenvalue weighted by molar-refractivity contribution is 0.307. The summed E-state index contributed by atoms with van der Waals surface area (Å²) in [5, 5.41) is 3.56. The SMILES string of the molecule is CC(N)C(C)NC1CCC(N)CC1. The summed E-state index contributed by atoms with van der Waals surface area (Å²) in [6, 6.07) is 1.72. The lowest BCUT2D eigenvalue weighted by Gasteiger charge is -2.30. The van der Waals surface area contributed by atoms with Gasteiger partial charge in [-0.25, -0.2) is 0 Å². The second-order valence-electron chi connectivity index (χ2n) is 4.43. The van der Waals surface area contributed by atoms with E-state index in [-0.39, 0.29) is 6.04 Å². The Balaban J connectivity index is 2.22. The molecule has 0 heterocycles. The van der Waals surface area contributed by atoms with Crippen LogP contribution in [0.15, 0.2) is 0 Å². The van der Waals surface area contributed by atoms with Gasteiger partial charge < -0.3 is 16.8 Å². The summed E-state index contributed by atoms with van der Waals surface area (Å²) in [5.74, 6) is 0. The minimum absolute atomic E-state index is 0.232. The summed E-state index contributed by atoms with van der Waals surface area (Å²) in [7, 11) is 0. The highest BCUT2D eigenvalue weighted by molar-refractivity contribution is 4.82. The smallest absolute Gasteiger partial charge is 0.0190 e. The van der Waals surface area contributed by atoms with Gasteiger partial charge in [0.25, 0.3) is 0 Å². The summed E-state index contributed by atoms with van der Waals surface area (Å²) in [5.41, 5.74) is 11.6. The number of nitrogens with one attached hydrogen (secondary N) is 1. The molecule has 0 saturated heterocycles. The van der Waals surface area contributed by atoms with E-state index in [0.717, 1.165) is 12.8 Å². The van der Waals surface area contributed by atoms with Gasteiger partial charge in [-0.2, -0.15) is 0 Å². The Kier molecular flexibility index (Phi) is 4.16. The Bertz CT molecular complexity index is 139. The highest BCUT2D eigenvalue weighted by Gasteiger charge is 2.20. The van der Waals surface area contributed by atoms with Crippen LogP contribution in [0.2, 0.25) is 0 Å². The molecule has 0 aromatic carbocycles. The van der Waals surface area contributed by atoms with Crippen molar-refractivity contribution in [2.75, 3.05) is 0 Å². The van der Waals surface area contributed by atoms with Crippen LogP contribution in [0.3, 0.4) is 0 Å². The highest BCUT2D eigenvalue weighted by Crippen LogP contribution is 2.17. The maximum Gasteiger partial charge on any atom is 0.0190 e. The maximum atomic E-state index is 5.84. The fraction of sp³-hybridized carbons (Fsp3) is 1.00. The molecule has 0 aliphatic heterocycles. The first-order valence-corrected chi connectivity index (χ1v) is 5.37. The number of rotatable bonds is 3. The van der Waals surface area contributed by atoms with Crippen LogP contribution in [-0.4, -0.2) is 24.2 Å². The Morgan fingerprint density at radius 1 is 1.15 bits per heavy atom. The second-order valence-corrected chi connectivity index (χ2v) is 4.43. The predicted molar refractivity (Wildman–Crippen MR) is 56.5 cm³/mol. The number of nitrogens with two attached hydrogens (primary N) is 2. The van der Waals surface area contributed by atoms with Crippen molar-refractivity contribution in [2.24, 2.45) is 11.5 Å². The van der Waals surface area contributed by atoms with Crippen molar-refractivity contribution in [3.8, 4) is 0 Å². The van der Waals surface area contributed by atoms with Crippen molar-refractivity contribution >= 4 is 0 Å². The van der Waals surface area contributed by atoms with Gasteiger partial charge in [-0.3, -0.25) is 0 Å². The highest BCUT2D eigenvalue weighted by atomic mass is 15.0. The van der Waals surface area contributed by atoms with Gasteiger partial charge in [0.05, 0.1) is 0 Å². The van der Waals surface area contributed by atoms with E-state index in [0.29, 0.717) is 18.1 Å². The van der Waals surface area contributed by atoms with E-state index < -0.39 is 0 Å². The van der Waals surface area contributed by atoms with Gasteiger partial charge in [-0.15, -0.1) is 0 Å². The second kappa shape index (κ2) is 4.94. The zero-order valence-corrected chi connectivity index (χ0v) is 8.79. The van der Waals surface area contributed by atoms with Crippen LogP contribution in [0.1, 0.15) is 39.5 Å². The molecule has 1 aliphatic carbocycles. The Morgan fingerprint density at radius 3 is 2.15 bits per heavy atom. The van der Waals surface area contributed by atoms with Crippen molar-refractivity contribution in [1.82, 2.24) is 5.32 Å². The average Bonchev–Trinajstić information content (AvgIpc) is 2.08. The summed E-state index contributed by atoms with van der Waals surface area (Å²) >= 11 is 0. The molecule has 0 aromatic rings. The lowest BCUT2D eigenvalue weighted by atomic mass is 9.91. The van der Waals surface area contributed by atoms with Gasteiger partial charge >= 0.3 is 0 Å². The molecule has 1 rings (SSSR count). The standard InChI is InChI=1S/C10H23N3/c1-7(11)8(2)13-10-5-3-9(12)4-6-10/h7-10,13H,3-6,11-12H2,1-2H3. The molecule has 1 fully saturated rings. The number of hydrogen-bond acceptors (Lipinski definition) is 3. The molecule has 2 unspecified atom stereocenters. The van der Waals surface area contributed by atoms with E-state index >= 15 is 0 Å². The molecule has 3 nitrogen and oxygen atoms in total. The van der Waals surface area contributed by atoms with Crippen LogP contribution < -0.4 is 16.8 Å². The molecule has 3 heteroatoms. The quantitative estimate of drug-likeness (QED) is 0.602. The van der Waals surface area contributed by atoms with Crippen molar-refractivity contribution in [3.05, 3.63) is 0 Å². The monoisotopic (exact) mass is 185 g/mol. The first-order chi connectivity index (χ1) is 6.09. The molecule has 0 amide bonds. The summed E-state index contributed by atoms with van der Waals surface area (Å²) in [6.07, 6.45) is 4.73. The minimum atomic E-state index is 0.232.